The fourth-order valence-corrected chi connectivity index (χ4v) is 4.46. The molecule has 172 valence electrons. The maximum Gasteiger partial charge on any atom is 0.417 e. The molecule has 0 atom stereocenters. The van der Waals surface area contributed by atoms with Crippen LogP contribution in [0.15, 0.2) is 47.4 Å². The first-order chi connectivity index (χ1) is 15.6. The van der Waals surface area contributed by atoms with Gasteiger partial charge in [-0.25, -0.2) is 13.4 Å². The van der Waals surface area contributed by atoms with E-state index in [4.69, 9.17) is 4.84 Å². The minimum Gasteiger partial charge on any atom is -0.393 e. The molecule has 33 heavy (non-hydrogen) atoms. The van der Waals surface area contributed by atoms with Gasteiger partial charge >= 0.3 is 6.18 Å². The van der Waals surface area contributed by atoms with Crippen molar-refractivity contribution in [2.75, 3.05) is 6.54 Å². The van der Waals surface area contributed by atoms with Gasteiger partial charge in [-0.2, -0.15) is 18.4 Å². The second-order valence-corrected chi connectivity index (χ2v) is 8.92. The van der Waals surface area contributed by atoms with Crippen molar-refractivity contribution in [3.63, 3.8) is 0 Å². The smallest absolute Gasteiger partial charge is 0.393 e. The topological polar surface area (TPSA) is 109 Å². The number of benzene rings is 2. The lowest BCUT2D eigenvalue weighted by atomic mass is 9.96. The number of sulfonamides is 1. The SMILES string of the molecule is Cc1c(ONS(=O)(=O)c2ccccc2)ccc(C(F)(F)F)c1-c1nc2n(c1C#N)CCNC2. The lowest BCUT2D eigenvalue weighted by Crippen LogP contribution is -2.28. The molecule has 0 unspecified atom stereocenters. The third-order valence-electron chi connectivity index (χ3n) is 5.22. The van der Waals surface area contributed by atoms with E-state index in [9.17, 15) is 26.9 Å². The number of hydrogen-bond acceptors (Lipinski definition) is 6. The number of hydrogen-bond donors (Lipinski definition) is 2. The lowest BCUT2D eigenvalue weighted by molar-refractivity contribution is -0.137. The van der Waals surface area contributed by atoms with Crippen LogP contribution in [0.2, 0.25) is 0 Å². The fraction of sp³-hybridized carbons (Fsp3) is 0.238. The zero-order chi connectivity index (χ0) is 23.8. The molecule has 0 fully saturated rings. The Morgan fingerprint density at radius 2 is 1.94 bits per heavy atom. The highest BCUT2D eigenvalue weighted by atomic mass is 32.2. The van der Waals surface area contributed by atoms with Gasteiger partial charge in [-0.1, -0.05) is 18.2 Å². The molecule has 1 aromatic heterocycles. The molecule has 2 aromatic carbocycles. The third kappa shape index (κ3) is 4.30. The van der Waals surface area contributed by atoms with Crippen LogP contribution in [0, 0.1) is 18.3 Å². The predicted molar refractivity (Wildman–Crippen MR) is 111 cm³/mol. The van der Waals surface area contributed by atoms with Gasteiger partial charge in [-0.15, -0.1) is 0 Å². The van der Waals surface area contributed by atoms with Crippen LogP contribution in [0.5, 0.6) is 5.75 Å². The summed E-state index contributed by atoms with van der Waals surface area (Å²) in [6.45, 7) is 2.60. The minimum absolute atomic E-state index is 0.00196. The molecule has 0 aliphatic carbocycles. The average molecular weight is 477 g/mol. The number of rotatable bonds is 5. The zero-order valence-corrected chi connectivity index (χ0v) is 18.1. The molecule has 0 saturated carbocycles. The number of imidazole rings is 1. The first-order valence-electron chi connectivity index (χ1n) is 9.78. The van der Waals surface area contributed by atoms with Crippen LogP contribution in [0.3, 0.4) is 0 Å². The van der Waals surface area contributed by atoms with Gasteiger partial charge in [0.15, 0.2) is 5.75 Å². The summed E-state index contributed by atoms with van der Waals surface area (Å²) in [6.07, 6.45) is -4.74. The van der Waals surface area contributed by atoms with Gasteiger partial charge in [0, 0.05) is 24.2 Å². The molecule has 0 bridgehead atoms. The van der Waals surface area contributed by atoms with Crippen molar-refractivity contribution in [3.8, 4) is 23.1 Å². The first kappa shape index (κ1) is 22.8. The van der Waals surface area contributed by atoms with Crippen LogP contribution in [0.4, 0.5) is 13.2 Å². The van der Waals surface area contributed by atoms with Crippen molar-refractivity contribution in [3.05, 3.63) is 65.1 Å². The number of fused-ring (bicyclic) bond motifs is 1. The van der Waals surface area contributed by atoms with Gasteiger partial charge < -0.3 is 14.7 Å². The second kappa shape index (κ2) is 8.51. The molecule has 2 heterocycles. The molecular formula is C21H18F3N5O3S. The van der Waals surface area contributed by atoms with Crippen LogP contribution in [0.1, 0.15) is 22.6 Å². The number of nitriles is 1. The van der Waals surface area contributed by atoms with Crippen LogP contribution in [-0.2, 0) is 29.3 Å². The van der Waals surface area contributed by atoms with E-state index in [-0.39, 0.29) is 33.2 Å². The van der Waals surface area contributed by atoms with Gasteiger partial charge in [-0.3, -0.25) is 0 Å². The Morgan fingerprint density at radius 1 is 1.21 bits per heavy atom. The van der Waals surface area contributed by atoms with Crippen molar-refractivity contribution in [2.24, 2.45) is 0 Å². The maximum absolute atomic E-state index is 13.9. The third-order valence-corrected chi connectivity index (χ3v) is 6.42. The molecule has 4 rings (SSSR count). The molecule has 0 saturated heterocycles. The van der Waals surface area contributed by atoms with E-state index in [1.165, 1.54) is 31.2 Å². The van der Waals surface area contributed by atoms with Crippen molar-refractivity contribution < 1.29 is 26.4 Å². The standard InChI is InChI=1S/C21H18F3N5O3S/c1-13-17(32-28-33(30,31)14-5-3-2-4-6-14)8-7-15(21(22,23)24)19(13)20-16(11-25)29-10-9-26-12-18(29)27-20/h2-8,26,28H,9-10,12H2,1H3. The molecule has 1 aliphatic rings. The van der Waals surface area contributed by atoms with Gasteiger partial charge in [-0.05, 0) is 36.1 Å². The molecule has 8 nitrogen and oxygen atoms in total. The van der Waals surface area contributed by atoms with Crippen LogP contribution in [-0.4, -0.2) is 24.5 Å². The summed E-state index contributed by atoms with van der Waals surface area (Å²) in [5.41, 5.74) is -1.48. The van der Waals surface area contributed by atoms with E-state index in [1.807, 2.05) is 11.0 Å². The fourth-order valence-electron chi connectivity index (χ4n) is 3.65. The van der Waals surface area contributed by atoms with Gasteiger partial charge in [0.25, 0.3) is 10.0 Å². The van der Waals surface area contributed by atoms with Crippen molar-refractivity contribution in [1.82, 2.24) is 19.8 Å². The number of aromatic nitrogens is 2. The van der Waals surface area contributed by atoms with E-state index in [2.05, 4.69) is 10.3 Å². The Balaban J connectivity index is 1.80. The Hall–Kier alpha value is -3.40. The maximum atomic E-state index is 13.9. The van der Waals surface area contributed by atoms with Crippen LogP contribution < -0.4 is 15.0 Å². The lowest BCUT2D eigenvalue weighted by Gasteiger charge is -2.18. The Labute approximate surface area is 187 Å². The van der Waals surface area contributed by atoms with Crippen molar-refractivity contribution in [1.29, 1.82) is 5.26 Å². The Kier molecular flexibility index (Phi) is 5.87. The Bertz CT molecular complexity index is 1350. The normalized spacial score (nSPS) is 13.9. The quantitative estimate of drug-likeness (QED) is 0.547. The summed E-state index contributed by atoms with van der Waals surface area (Å²) in [5.74, 6) is 0.293. The van der Waals surface area contributed by atoms with Gasteiger partial charge in [0.05, 0.1) is 17.0 Å². The molecule has 12 heteroatoms. The zero-order valence-electron chi connectivity index (χ0n) is 17.3. The summed E-state index contributed by atoms with van der Waals surface area (Å²) in [5, 5.41) is 12.7. The molecule has 2 N–H and O–H groups in total. The molecule has 0 spiro atoms. The predicted octanol–water partition coefficient (Wildman–Crippen LogP) is 3.12. The number of alkyl halides is 3. The molecular weight excluding hydrogens is 459 g/mol. The first-order valence-corrected chi connectivity index (χ1v) is 11.3. The van der Waals surface area contributed by atoms with E-state index >= 15 is 0 Å². The summed E-state index contributed by atoms with van der Waals surface area (Å²) in [7, 11) is -4.08. The highest BCUT2D eigenvalue weighted by molar-refractivity contribution is 7.89. The molecule has 3 aromatic rings. The van der Waals surface area contributed by atoms with Crippen molar-refractivity contribution >= 4 is 10.0 Å². The number of nitrogens with one attached hydrogen (secondary N) is 2. The molecule has 0 radical (unpaired) electrons. The Morgan fingerprint density at radius 3 is 2.61 bits per heavy atom. The number of nitrogens with zero attached hydrogens (tertiary/aromatic N) is 3. The van der Waals surface area contributed by atoms with E-state index in [1.54, 1.807) is 10.6 Å². The highest BCUT2D eigenvalue weighted by Crippen LogP contribution is 2.42. The molecule has 1 aliphatic heterocycles. The van der Waals surface area contributed by atoms with E-state index in [0.717, 1.165) is 12.1 Å². The number of halogens is 3. The summed E-state index contributed by atoms with van der Waals surface area (Å²) >= 11 is 0. The van der Waals surface area contributed by atoms with Gasteiger partial charge in [0.1, 0.15) is 23.3 Å². The average Bonchev–Trinajstić information content (AvgIpc) is 3.16. The molecule has 0 amide bonds. The van der Waals surface area contributed by atoms with Crippen LogP contribution in [0.25, 0.3) is 11.3 Å². The highest BCUT2D eigenvalue weighted by Gasteiger charge is 2.37. The largest absolute Gasteiger partial charge is 0.417 e. The van der Waals surface area contributed by atoms with Gasteiger partial charge in [0.2, 0.25) is 0 Å². The summed E-state index contributed by atoms with van der Waals surface area (Å²) in [4.78, 5) is 11.4. The minimum atomic E-state index is -4.74. The summed E-state index contributed by atoms with van der Waals surface area (Å²) < 4.78 is 68.1. The van der Waals surface area contributed by atoms with E-state index < -0.39 is 21.8 Å². The van der Waals surface area contributed by atoms with E-state index in [0.29, 0.717) is 25.5 Å². The van der Waals surface area contributed by atoms with Crippen LogP contribution >= 0.6 is 0 Å². The summed E-state index contributed by atoms with van der Waals surface area (Å²) in [6, 6.07) is 11.1. The van der Waals surface area contributed by atoms with Crippen molar-refractivity contribution in [2.45, 2.75) is 31.1 Å². The monoisotopic (exact) mass is 477 g/mol. The second-order valence-electron chi connectivity index (χ2n) is 7.28.